The molecule has 0 aliphatic heterocycles. The second-order valence-corrected chi connectivity index (χ2v) is 7.26. The number of aromatic nitrogens is 3. The van der Waals surface area contributed by atoms with Crippen LogP contribution in [0.5, 0.6) is 0 Å². The third kappa shape index (κ3) is 4.49. The van der Waals surface area contributed by atoms with Crippen molar-refractivity contribution in [2.75, 3.05) is 13.6 Å². The second kappa shape index (κ2) is 8.78. The number of carbonyl (C=O) groups is 1. The topological polar surface area (TPSA) is 53.9 Å². The largest absolute Gasteiger partial charge is 0.342 e. The van der Waals surface area contributed by atoms with Crippen LogP contribution in [0.4, 0.5) is 4.39 Å². The Bertz CT molecular complexity index is 1130. The quantitative estimate of drug-likeness (QED) is 0.487. The van der Waals surface area contributed by atoms with E-state index in [1.165, 1.54) is 12.1 Å². The molecule has 6 heteroatoms. The molecule has 0 unspecified atom stereocenters. The minimum atomic E-state index is -0.280. The van der Waals surface area contributed by atoms with Crippen LogP contribution >= 0.6 is 0 Å². The van der Waals surface area contributed by atoms with E-state index in [4.69, 9.17) is 0 Å². The molecule has 0 saturated heterocycles. The number of aryl methyl sites for hydroxylation is 1. The van der Waals surface area contributed by atoms with Gasteiger partial charge in [0.2, 0.25) is 0 Å². The molecule has 5 nitrogen and oxygen atoms in total. The van der Waals surface area contributed by atoms with Crippen LogP contribution in [0.25, 0.3) is 16.9 Å². The number of rotatable bonds is 7. The van der Waals surface area contributed by atoms with Crippen LogP contribution in [-0.2, 0) is 6.42 Å². The zero-order valence-corrected chi connectivity index (χ0v) is 16.8. The van der Waals surface area contributed by atoms with Gasteiger partial charge in [0.05, 0.1) is 5.69 Å². The molecule has 0 bridgehead atoms. The lowest BCUT2D eigenvalue weighted by Gasteiger charge is -2.17. The molecule has 30 heavy (non-hydrogen) atoms. The monoisotopic (exact) mass is 402 g/mol. The summed E-state index contributed by atoms with van der Waals surface area (Å²) in [4.78, 5) is 14.5. The van der Waals surface area contributed by atoms with Gasteiger partial charge in [-0.2, -0.15) is 5.10 Å². The predicted molar refractivity (Wildman–Crippen MR) is 115 cm³/mol. The van der Waals surface area contributed by atoms with Crippen molar-refractivity contribution in [2.24, 2.45) is 0 Å². The average Bonchev–Trinajstić information content (AvgIpc) is 3.46. The molecule has 0 atom stereocenters. The molecule has 1 N–H and O–H groups in total. The molecule has 0 spiro atoms. The van der Waals surface area contributed by atoms with Crippen LogP contribution in [0.3, 0.4) is 0 Å². The Morgan fingerprint density at radius 2 is 1.87 bits per heavy atom. The molecule has 152 valence electrons. The van der Waals surface area contributed by atoms with Gasteiger partial charge in [0.25, 0.3) is 5.91 Å². The van der Waals surface area contributed by atoms with E-state index in [-0.39, 0.29) is 11.7 Å². The standard InChI is InChI=1S/C24H23FN4O/c1-28(24(30)19-8-5-11-22(16-19)29-13-2-3-14-29)12-6-10-21-17-23(27-26-21)18-7-4-9-20(25)15-18/h2-5,7-9,11,13-17H,6,10,12H2,1H3,(H,26,27). The van der Waals surface area contributed by atoms with Gasteiger partial charge in [0, 0.05) is 48.5 Å². The minimum Gasteiger partial charge on any atom is -0.342 e. The molecule has 0 fully saturated rings. The highest BCUT2D eigenvalue weighted by molar-refractivity contribution is 5.94. The normalized spacial score (nSPS) is 10.9. The second-order valence-electron chi connectivity index (χ2n) is 7.26. The number of nitrogens with one attached hydrogen (secondary N) is 1. The maximum absolute atomic E-state index is 13.4. The van der Waals surface area contributed by atoms with Crippen molar-refractivity contribution in [3.05, 3.63) is 96.2 Å². The van der Waals surface area contributed by atoms with Gasteiger partial charge in [-0.05, 0) is 61.4 Å². The highest BCUT2D eigenvalue weighted by Crippen LogP contribution is 2.19. The number of aromatic amines is 1. The lowest BCUT2D eigenvalue weighted by atomic mass is 10.1. The first-order valence-electron chi connectivity index (χ1n) is 9.89. The number of benzene rings is 2. The van der Waals surface area contributed by atoms with Crippen molar-refractivity contribution >= 4 is 5.91 Å². The molecule has 2 heterocycles. The maximum atomic E-state index is 13.4. The van der Waals surface area contributed by atoms with E-state index in [0.29, 0.717) is 12.1 Å². The number of hydrogen-bond donors (Lipinski definition) is 1. The van der Waals surface area contributed by atoms with E-state index < -0.39 is 0 Å². The Morgan fingerprint density at radius 1 is 1.07 bits per heavy atom. The van der Waals surface area contributed by atoms with Crippen LogP contribution in [0.1, 0.15) is 22.5 Å². The molecule has 4 aromatic rings. The van der Waals surface area contributed by atoms with Crippen molar-refractivity contribution in [3.63, 3.8) is 0 Å². The number of hydrogen-bond acceptors (Lipinski definition) is 2. The zero-order chi connectivity index (χ0) is 20.9. The molecular formula is C24H23FN4O. The summed E-state index contributed by atoms with van der Waals surface area (Å²) in [5.41, 5.74) is 4.05. The first-order chi connectivity index (χ1) is 14.6. The van der Waals surface area contributed by atoms with Crippen molar-refractivity contribution in [1.29, 1.82) is 0 Å². The summed E-state index contributed by atoms with van der Waals surface area (Å²) < 4.78 is 15.4. The minimum absolute atomic E-state index is 0.00549. The molecule has 4 rings (SSSR count). The SMILES string of the molecule is CN(CCCc1cc(-c2cccc(F)c2)n[nH]1)C(=O)c1cccc(-n2cccc2)c1. The Kier molecular flexibility index (Phi) is 5.75. The van der Waals surface area contributed by atoms with Crippen molar-refractivity contribution in [1.82, 2.24) is 19.7 Å². The summed E-state index contributed by atoms with van der Waals surface area (Å²) in [6.07, 6.45) is 5.46. The molecule has 2 aromatic carbocycles. The third-order valence-electron chi connectivity index (χ3n) is 5.03. The smallest absolute Gasteiger partial charge is 0.253 e. The zero-order valence-electron chi connectivity index (χ0n) is 16.8. The van der Waals surface area contributed by atoms with E-state index in [1.807, 2.05) is 72.5 Å². The van der Waals surface area contributed by atoms with Gasteiger partial charge in [-0.15, -0.1) is 0 Å². The van der Waals surface area contributed by atoms with E-state index in [9.17, 15) is 9.18 Å². The van der Waals surface area contributed by atoms with E-state index >= 15 is 0 Å². The fourth-order valence-corrected chi connectivity index (χ4v) is 3.42. The van der Waals surface area contributed by atoms with E-state index in [2.05, 4.69) is 10.2 Å². The summed E-state index contributed by atoms with van der Waals surface area (Å²) >= 11 is 0. The number of nitrogens with zero attached hydrogens (tertiary/aromatic N) is 3. The number of halogens is 1. The van der Waals surface area contributed by atoms with Crippen LogP contribution in [0, 0.1) is 5.82 Å². The lowest BCUT2D eigenvalue weighted by molar-refractivity contribution is 0.0793. The highest BCUT2D eigenvalue weighted by atomic mass is 19.1. The summed E-state index contributed by atoms with van der Waals surface area (Å²) in [6, 6.07) is 19.8. The van der Waals surface area contributed by atoms with Crippen LogP contribution in [0.15, 0.2) is 79.1 Å². The summed E-state index contributed by atoms with van der Waals surface area (Å²) in [5, 5.41) is 7.27. The molecular weight excluding hydrogens is 379 g/mol. The lowest BCUT2D eigenvalue weighted by Crippen LogP contribution is -2.28. The maximum Gasteiger partial charge on any atom is 0.253 e. The average molecular weight is 402 g/mol. The summed E-state index contributed by atoms with van der Waals surface area (Å²) in [7, 11) is 1.82. The Morgan fingerprint density at radius 3 is 2.67 bits per heavy atom. The summed E-state index contributed by atoms with van der Waals surface area (Å²) in [6.45, 7) is 0.626. The predicted octanol–water partition coefficient (Wildman–Crippen LogP) is 4.71. The molecule has 0 aliphatic rings. The van der Waals surface area contributed by atoms with Crippen molar-refractivity contribution < 1.29 is 9.18 Å². The van der Waals surface area contributed by atoms with E-state index in [0.717, 1.165) is 35.5 Å². The Hall–Kier alpha value is -3.67. The summed E-state index contributed by atoms with van der Waals surface area (Å²) in [5.74, 6) is -0.285. The van der Waals surface area contributed by atoms with Crippen LogP contribution in [0.2, 0.25) is 0 Å². The van der Waals surface area contributed by atoms with Gasteiger partial charge in [-0.1, -0.05) is 18.2 Å². The van der Waals surface area contributed by atoms with Gasteiger partial charge < -0.3 is 9.47 Å². The number of H-pyrrole nitrogens is 1. The van der Waals surface area contributed by atoms with Gasteiger partial charge in [-0.3, -0.25) is 9.89 Å². The Balaban J connectivity index is 1.33. The van der Waals surface area contributed by atoms with Crippen LogP contribution in [-0.4, -0.2) is 39.2 Å². The number of carbonyl (C=O) groups excluding carboxylic acids is 1. The first kappa shape index (κ1) is 19.6. The fourth-order valence-electron chi connectivity index (χ4n) is 3.42. The molecule has 0 radical (unpaired) electrons. The van der Waals surface area contributed by atoms with Crippen LogP contribution < -0.4 is 0 Å². The van der Waals surface area contributed by atoms with Gasteiger partial charge in [-0.25, -0.2) is 4.39 Å². The Labute approximate surface area is 174 Å². The van der Waals surface area contributed by atoms with Gasteiger partial charge in [0.15, 0.2) is 0 Å². The third-order valence-corrected chi connectivity index (χ3v) is 5.03. The van der Waals surface area contributed by atoms with Crippen molar-refractivity contribution in [3.8, 4) is 16.9 Å². The molecule has 2 aromatic heterocycles. The number of amides is 1. The van der Waals surface area contributed by atoms with E-state index in [1.54, 1.807) is 11.0 Å². The highest BCUT2D eigenvalue weighted by Gasteiger charge is 2.13. The first-order valence-corrected chi connectivity index (χ1v) is 9.89. The van der Waals surface area contributed by atoms with Gasteiger partial charge >= 0.3 is 0 Å². The van der Waals surface area contributed by atoms with Crippen molar-refractivity contribution in [2.45, 2.75) is 12.8 Å². The van der Waals surface area contributed by atoms with Gasteiger partial charge in [0.1, 0.15) is 5.82 Å². The molecule has 1 amide bonds. The molecule has 0 aliphatic carbocycles. The molecule has 0 saturated carbocycles. The fraction of sp³-hybridized carbons (Fsp3) is 0.167.